The van der Waals surface area contributed by atoms with Crippen LogP contribution in [0.3, 0.4) is 0 Å². The SMILES string of the molecule is N#Cc1cccc(-c2ccc3c(-c4nc(-c5ccc(-c6ccccc6)cc5)c5ccccc5n4)cc4c(c3c2)Sc2c(ccc3ccccc23)C42c3ccccc3-c3ccccc32)c1. The fourth-order valence-corrected chi connectivity index (χ4v) is 11.9. The summed E-state index contributed by atoms with van der Waals surface area (Å²) in [5.74, 6) is 0.678. The Morgan fingerprint density at radius 2 is 1.02 bits per heavy atom. The second-order valence-corrected chi connectivity index (χ2v) is 17.7. The zero-order valence-corrected chi connectivity index (χ0v) is 35.3. The van der Waals surface area contributed by atoms with Crippen LogP contribution in [-0.2, 0) is 5.41 Å². The molecule has 3 nitrogen and oxygen atoms in total. The van der Waals surface area contributed by atoms with Gasteiger partial charge < -0.3 is 0 Å². The van der Waals surface area contributed by atoms with Crippen molar-refractivity contribution < 1.29 is 0 Å². The molecule has 10 aromatic carbocycles. The number of para-hydroxylation sites is 1. The Balaban J connectivity index is 1.15. The summed E-state index contributed by atoms with van der Waals surface area (Å²) in [6, 6.07) is 78.5. The molecule has 1 spiro atoms. The average Bonchev–Trinajstić information content (AvgIpc) is 3.66. The molecule has 4 heteroatoms. The van der Waals surface area contributed by atoms with Crippen molar-refractivity contribution in [3.05, 3.63) is 240 Å². The molecule has 64 heavy (non-hydrogen) atoms. The van der Waals surface area contributed by atoms with Crippen molar-refractivity contribution in [1.82, 2.24) is 9.97 Å². The lowest BCUT2D eigenvalue weighted by Crippen LogP contribution is -2.32. The van der Waals surface area contributed by atoms with Crippen LogP contribution >= 0.6 is 11.8 Å². The van der Waals surface area contributed by atoms with Crippen LogP contribution in [0.15, 0.2) is 222 Å². The molecule has 296 valence electrons. The van der Waals surface area contributed by atoms with E-state index < -0.39 is 5.41 Å². The zero-order chi connectivity index (χ0) is 42.4. The van der Waals surface area contributed by atoms with Crippen LogP contribution in [0.4, 0.5) is 0 Å². The lowest BCUT2D eigenvalue weighted by atomic mass is 9.66. The first-order valence-corrected chi connectivity index (χ1v) is 22.4. The van der Waals surface area contributed by atoms with E-state index in [9.17, 15) is 5.26 Å². The van der Waals surface area contributed by atoms with Crippen LogP contribution in [0.2, 0.25) is 0 Å². The topological polar surface area (TPSA) is 49.6 Å². The first-order valence-electron chi connectivity index (χ1n) is 21.6. The molecule has 0 atom stereocenters. The molecule has 0 saturated carbocycles. The van der Waals surface area contributed by atoms with E-state index >= 15 is 0 Å². The molecule has 0 N–H and O–H groups in total. The molecule has 2 heterocycles. The van der Waals surface area contributed by atoms with Gasteiger partial charge in [0.1, 0.15) is 0 Å². The highest BCUT2D eigenvalue weighted by atomic mass is 32.2. The Morgan fingerprint density at radius 1 is 0.391 bits per heavy atom. The number of fused-ring (bicyclic) bond motifs is 14. The number of nitriles is 1. The number of nitrogens with zero attached hydrogens (tertiary/aromatic N) is 3. The lowest BCUT2D eigenvalue weighted by molar-refractivity contribution is 0.729. The zero-order valence-electron chi connectivity index (χ0n) is 34.5. The van der Waals surface area contributed by atoms with E-state index in [2.05, 4.69) is 200 Å². The highest BCUT2D eigenvalue weighted by molar-refractivity contribution is 8.00. The van der Waals surface area contributed by atoms with Crippen molar-refractivity contribution in [3.8, 4) is 62.1 Å². The van der Waals surface area contributed by atoms with Gasteiger partial charge in [0.2, 0.25) is 0 Å². The van der Waals surface area contributed by atoms with Gasteiger partial charge in [-0.2, -0.15) is 5.26 Å². The van der Waals surface area contributed by atoms with Gasteiger partial charge in [-0.25, -0.2) is 9.97 Å². The van der Waals surface area contributed by atoms with Crippen LogP contribution < -0.4 is 0 Å². The third kappa shape index (κ3) is 5.35. The minimum atomic E-state index is -0.639. The van der Waals surface area contributed by atoms with E-state index in [0.717, 1.165) is 55.2 Å². The maximum absolute atomic E-state index is 9.94. The van der Waals surface area contributed by atoms with Crippen LogP contribution in [0.25, 0.3) is 88.5 Å². The first kappa shape index (κ1) is 36.5. The normalized spacial score (nSPS) is 13.0. The van der Waals surface area contributed by atoms with Gasteiger partial charge in [0.25, 0.3) is 0 Å². The van der Waals surface area contributed by atoms with Gasteiger partial charge in [-0.3, -0.25) is 0 Å². The molecule has 0 unspecified atom stereocenters. The van der Waals surface area contributed by atoms with Crippen molar-refractivity contribution in [1.29, 1.82) is 5.26 Å². The van der Waals surface area contributed by atoms with Crippen LogP contribution in [-0.4, -0.2) is 9.97 Å². The van der Waals surface area contributed by atoms with Gasteiger partial charge in [-0.05, 0) is 108 Å². The highest BCUT2D eigenvalue weighted by Crippen LogP contribution is 2.64. The molecule has 11 aromatic rings. The smallest absolute Gasteiger partial charge is 0.161 e. The minimum Gasteiger partial charge on any atom is -0.228 e. The molecule has 0 bridgehead atoms. The predicted octanol–water partition coefficient (Wildman–Crippen LogP) is 15.3. The third-order valence-electron chi connectivity index (χ3n) is 13.4. The number of hydrogen-bond donors (Lipinski definition) is 0. The first-order chi connectivity index (χ1) is 31.7. The van der Waals surface area contributed by atoms with Crippen LogP contribution in [0, 0.1) is 11.3 Å². The maximum Gasteiger partial charge on any atom is 0.161 e. The average molecular weight is 830 g/mol. The van der Waals surface area contributed by atoms with Crippen LogP contribution in [0.5, 0.6) is 0 Å². The Hall–Kier alpha value is -8.10. The Kier molecular flexibility index (Phi) is 8.12. The number of aromatic nitrogens is 2. The van der Waals surface area contributed by atoms with E-state index in [-0.39, 0.29) is 0 Å². The largest absolute Gasteiger partial charge is 0.228 e. The van der Waals surface area contributed by atoms with Gasteiger partial charge in [0.15, 0.2) is 5.82 Å². The molecule has 0 radical (unpaired) electrons. The summed E-state index contributed by atoms with van der Waals surface area (Å²) in [4.78, 5) is 13.5. The second-order valence-electron chi connectivity index (χ2n) is 16.7. The Labute approximate surface area is 375 Å². The summed E-state index contributed by atoms with van der Waals surface area (Å²) in [5, 5.41) is 15.6. The van der Waals surface area contributed by atoms with E-state index in [1.165, 1.54) is 59.5 Å². The molecule has 0 amide bonds. The van der Waals surface area contributed by atoms with E-state index in [1.807, 2.05) is 30.0 Å². The molecule has 1 aliphatic carbocycles. The van der Waals surface area contributed by atoms with E-state index in [0.29, 0.717) is 11.4 Å². The van der Waals surface area contributed by atoms with Gasteiger partial charge >= 0.3 is 0 Å². The van der Waals surface area contributed by atoms with Gasteiger partial charge in [-0.1, -0.05) is 194 Å². The standard InChI is InChI=1S/C60H35N3S/c61-36-37-13-12-17-42(33-37)43-29-31-45-49(34-43)58-54(35-50(45)59-62-55-24-11-8-21-48(55)56(63-59)41-27-25-39(26-28-41)38-14-2-1-3-15-38)60(53-32-30-40-16-4-5-18-44(40)57(53)64-58)51-22-9-6-19-46(51)47-20-7-10-23-52(47)60/h1-35H. The van der Waals surface area contributed by atoms with Crippen molar-refractivity contribution in [2.75, 3.05) is 0 Å². The van der Waals surface area contributed by atoms with Crippen molar-refractivity contribution in [2.24, 2.45) is 0 Å². The predicted molar refractivity (Wildman–Crippen MR) is 262 cm³/mol. The van der Waals surface area contributed by atoms with E-state index in [1.54, 1.807) is 0 Å². The van der Waals surface area contributed by atoms with Crippen molar-refractivity contribution >= 4 is 44.2 Å². The summed E-state index contributed by atoms with van der Waals surface area (Å²) in [6.45, 7) is 0. The number of hydrogen-bond acceptors (Lipinski definition) is 4. The van der Waals surface area contributed by atoms with Crippen LogP contribution in [0.1, 0.15) is 27.8 Å². The molecule has 0 saturated heterocycles. The molecule has 1 aliphatic heterocycles. The Bertz CT molecular complexity index is 3730. The fraction of sp³-hybridized carbons (Fsp3) is 0.0167. The second kappa shape index (κ2) is 14.2. The molecule has 2 aliphatic rings. The maximum atomic E-state index is 9.94. The Morgan fingerprint density at radius 3 is 1.81 bits per heavy atom. The highest BCUT2D eigenvalue weighted by Gasteiger charge is 2.51. The molecule has 1 aromatic heterocycles. The van der Waals surface area contributed by atoms with Gasteiger partial charge in [0.05, 0.1) is 28.3 Å². The fourth-order valence-electron chi connectivity index (χ4n) is 10.5. The summed E-state index contributed by atoms with van der Waals surface area (Å²) in [7, 11) is 0. The minimum absolute atomic E-state index is 0.634. The quantitative estimate of drug-likeness (QED) is 0.177. The van der Waals surface area contributed by atoms with Gasteiger partial charge in [-0.15, -0.1) is 0 Å². The summed E-state index contributed by atoms with van der Waals surface area (Å²) in [5.41, 5.74) is 15.7. The molecular weight excluding hydrogens is 795 g/mol. The summed E-state index contributed by atoms with van der Waals surface area (Å²) in [6.07, 6.45) is 0. The lowest BCUT2D eigenvalue weighted by Gasteiger charge is -2.41. The summed E-state index contributed by atoms with van der Waals surface area (Å²) < 4.78 is 0. The number of benzene rings is 10. The van der Waals surface area contributed by atoms with E-state index in [4.69, 9.17) is 9.97 Å². The molecule has 0 fully saturated rings. The molecular formula is C60H35N3S. The van der Waals surface area contributed by atoms with Gasteiger partial charge in [0, 0.05) is 26.3 Å². The monoisotopic (exact) mass is 829 g/mol. The van der Waals surface area contributed by atoms with Crippen molar-refractivity contribution in [2.45, 2.75) is 15.2 Å². The number of rotatable bonds is 4. The van der Waals surface area contributed by atoms with Crippen molar-refractivity contribution in [3.63, 3.8) is 0 Å². The summed E-state index contributed by atoms with van der Waals surface area (Å²) >= 11 is 1.88. The molecule has 13 rings (SSSR count). The third-order valence-corrected chi connectivity index (χ3v) is 14.7.